The molecule has 2 fully saturated rings. The maximum absolute atomic E-state index is 12.6. The first-order valence-electron chi connectivity index (χ1n) is 11.2. The van der Waals surface area contributed by atoms with E-state index < -0.39 is 5.54 Å². The minimum atomic E-state index is -0.617. The number of aliphatic hydroxyl groups is 1. The lowest BCUT2D eigenvalue weighted by molar-refractivity contribution is 0.0446. The number of hydrogen-bond acceptors (Lipinski definition) is 4. The summed E-state index contributed by atoms with van der Waals surface area (Å²) in [5, 5.41) is 21.5. The van der Waals surface area contributed by atoms with Crippen LogP contribution in [0, 0.1) is 11.3 Å². The minimum Gasteiger partial charge on any atom is -0.394 e. The van der Waals surface area contributed by atoms with Gasteiger partial charge >= 0.3 is 12.1 Å². The number of amides is 4. The Morgan fingerprint density at radius 1 is 1.10 bits per heavy atom. The van der Waals surface area contributed by atoms with Gasteiger partial charge in [0.15, 0.2) is 0 Å². The number of benzene rings is 1. The monoisotopic (exact) mass is 432 g/mol. The van der Waals surface area contributed by atoms with E-state index in [0.717, 1.165) is 38.7 Å². The fourth-order valence-corrected chi connectivity index (χ4v) is 5.23. The van der Waals surface area contributed by atoms with Gasteiger partial charge in [-0.1, -0.05) is 20.8 Å². The molecule has 0 radical (unpaired) electrons. The SMILES string of the molecule is CC1CC(C)(C)CC(CO)(NC(=O)Nc2ccc(NC(=O)NCC3CCCO3)cc2)C1. The molecule has 1 aromatic rings. The Kier molecular flexibility index (Phi) is 7.43. The molecule has 31 heavy (non-hydrogen) atoms. The molecular formula is C23H36N4O4. The van der Waals surface area contributed by atoms with Crippen LogP contribution in [-0.4, -0.2) is 48.6 Å². The molecule has 3 rings (SSSR count). The van der Waals surface area contributed by atoms with Crippen LogP contribution in [0.1, 0.15) is 52.9 Å². The largest absolute Gasteiger partial charge is 0.394 e. The number of nitrogens with one attached hydrogen (secondary N) is 4. The summed E-state index contributed by atoms with van der Waals surface area (Å²) in [7, 11) is 0. The molecule has 1 aliphatic carbocycles. The van der Waals surface area contributed by atoms with Crippen LogP contribution in [0.5, 0.6) is 0 Å². The average Bonchev–Trinajstić information content (AvgIpc) is 3.20. The smallest absolute Gasteiger partial charge is 0.319 e. The number of anilines is 2. The van der Waals surface area contributed by atoms with Gasteiger partial charge in [-0.2, -0.15) is 0 Å². The van der Waals surface area contributed by atoms with E-state index in [9.17, 15) is 14.7 Å². The zero-order valence-corrected chi connectivity index (χ0v) is 18.8. The van der Waals surface area contributed by atoms with Crippen LogP contribution in [-0.2, 0) is 4.74 Å². The van der Waals surface area contributed by atoms with Crippen LogP contribution < -0.4 is 21.3 Å². The molecule has 3 unspecified atom stereocenters. The van der Waals surface area contributed by atoms with Gasteiger partial charge in [-0.25, -0.2) is 9.59 Å². The predicted octanol–water partition coefficient (Wildman–Crippen LogP) is 3.69. The zero-order chi connectivity index (χ0) is 22.5. The lowest BCUT2D eigenvalue weighted by Crippen LogP contribution is -2.58. The number of rotatable bonds is 6. The predicted molar refractivity (Wildman–Crippen MR) is 121 cm³/mol. The van der Waals surface area contributed by atoms with E-state index in [1.54, 1.807) is 24.3 Å². The molecule has 172 valence electrons. The third-order valence-corrected chi connectivity index (χ3v) is 6.05. The highest BCUT2D eigenvalue weighted by molar-refractivity contribution is 5.91. The van der Waals surface area contributed by atoms with E-state index in [1.165, 1.54) is 0 Å². The van der Waals surface area contributed by atoms with Crippen LogP contribution in [0.25, 0.3) is 0 Å². The molecule has 2 aliphatic rings. The molecule has 8 nitrogen and oxygen atoms in total. The van der Waals surface area contributed by atoms with Crippen molar-refractivity contribution >= 4 is 23.4 Å². The number of urea groups is 2. The summed E-state index contributed by atoms with van der Waals surface area (Å²) < 4.78 is 5.49. The second-order valence-electron chi connectivity index (χ2n) is 9.92. The molecule has 1 saturated carbocycles. The highest BCUT2D eigenvalue weighted by Crippen LogP contribution is 2.43. The second-order valence-corrected chi connectivity index (χ2v) is 9.92. The third-order valence-electron chi connectivity index (χ3n) is 6.05. The van der Waals surface area contributed by atoms with Crippen LogP contribution in [0.2, 0.25) is 0 Å². The first-order valence-corrected chi connectivity index (χ1v) is 11.2. The molecule has 1 aromatic carbocycles. The molecule has 1 heterocycles. The Morgan fingerprint density at radius 3 is 2.29 bits per heavy atom. The maximum Gasteiger partial charge on any atom is 0.319 e. The highest BCUT2D eigenvalue weighted by atomic mass is 16.5. The lowest BCUT2D eigenvalue weighted by atomic mass is 9.64. The Balaban J connectivity index is 1.49. The fraction of sp³-hybridized carbons (Fsp3) is 0.652. The first kappa shape index (κ1) is 23.3. The average molecular weight is 433 g/mol. The Hall–Kier alpha value is -2.32. The molecule has 5 N–H and O–H groups in total. The van der Waals surface area contributed by atoms with Gasteiger partial charge in [-0.15, -0.1) is 0 Å². The molecule has 0 spiro atoms. The van der Waals surface area contributed by atoms with Crippen molar-refractivity contribution in [3.8, 4) is 0 Å². The van der Waals surface area contributed by atoms with Crippen LogP contribution in [0.15, 0.2) is 24.3 Å². The van der Waals surface area contributed by atoms with E-state index in [0.29, 0.717) is 23.8 Å². The molecule has 8 heteroatoms. The van der Waals surface area contributed by atoms with Crippen molar-refractivity contribution in [3.63, 3.8) is 0 Å². The minimum absolute atomic E-state index is 0.0610. The van der Waals surface area contributed by atoms with Crippen molar-refractivity contribution in [3.05, 3.63) is 24.3 Å². The number of carbonyl (C=O) groups is 2. The third kappa shape index (κ3) is 6.83. The van der Waals surface area contributed by atoms with Crippen LogP contribution in [0.3, 0.4) is 0 Å². The van der Waals surface area contributed by atoms with E-state index in [2.05, 4.69) is 42.0 Å². The van der Waals surface area contributed by atoms with Gasteiger partial charge in [0, 0.05) is 24.5 Å². The molecule has 3 atom stereocenters. The van der Waals surface area contributed by atoms with E-state index in [-0.39, 0.29) is 30.2 Å². The van der Waals surface area contributed by atoms with Gasteiger partial charge in [-0.05, 0) is 67.7 Å². The molecule has 4 amide bonds. The second kappa shape index (κ2) is 9.87. The van der Waals surface area contributed by atoms with Crippen molar-refractivity contribution in [2.75, 3.05) is 30.4 Å². The number of hydrogen-bond donors (Lipinski definition) is 5. The first-order chi connectivity index (χ1) is 14.7. The van der Waals surface area contributed by atoms with Crippen molar-refractivity contribution in [1.82, 2.24) is 10.6 Å². The summed E-state index contributed by atoms with van der Waals surface area (Å²) >= 11 is 0. The Labute approximate surface area is 184 Å². The molecule has 0 bridgehead atoms. The van der Waals surface area contributed by atoms with E-state index in [4.69, 9.17) is 4.74 Å². The molecule has 0 aromatic heterocycles. The maximum atomic E-state index is 12.6. The van der Waals surface area contributed by atoms with Crippen molar-refractivity contribution in [2.45, 2.75) is 64.5 Å². The van der Waals surface area contributed by atoms with Gasteiger partial charge in [0.25, 0.3) is 0 Å². The topological polar surface area (TPSA) is 112 Å². The lowest BCUT2D eigenvalue weighted by Gasteiger charge is -2.47. The van der Waals surface area contributed by atoms with E-state index >= 15 is 0 Å². The van der Waals surface area contributed by atoms with Crippen molar-refractivity contribution in [1.29, 1.82) is 0 Å². The van der Waals surface area contributed by atoms with Crippen molar-refractivity contribution < 1.29 is 19.4 Å². The number of aliphatic hydroxyl groups excluding tert-OH is 1. The van der Waals surface area contributed by atoms with Gasteiger partial charge < -0.3 is 31.1 Å². The summed E-state index contributed by atoms with van der Waals surface area (Å²) in [6.07, 6.45) is 4.66. The normalized spacial score (nSPS) is 27.4. The summed E-state index contributed by atoms with van der Waals surface area (Å²) in [4.78, 5) is 24.6. The number of carbonyl (C=O) groups excluding carboxylic acids is 2. The summed E-state index contributed by atoms with van der Waals surface area (Å²) in [6, 6.07) is 6.30. The van der Waals surface area contributed by atoms with E-state index in [1.807, 2.05) is 0 Å². The van der Waals surface area contributed by atoms with Gasteiger partial charge in [0.2, 0.25) is 0 Å². The van der Waals surface area contributed by atoms with Crippen LogP contribution >= 0.6 is 0 Å². The quantitative estimate of drug-likeness (QED) is 0.472. The summed E-state index contributed by atoms with van der Waals surface area (Å²) in [5.41, 5.74) is 0.684. The van der Waals surface area contributed by atoms with Crippen LogP contribution in [0.4, 0.5) is 21.0 Å². The zero-order valence-electron chi connectivity index (χ0n) is 18.8. The Bertz CT molecular complexity index is 761. The fourth-order valence-electron chi connectivity index (χ4n) is 5.23. The van der Waals surface area contributed by atoms with Crippen molar-refractivity contribution in [2.24, 2.45) is 11.3 Å². The summed E-state index contributed by atoms with van der Waals surface area (Å²) in [6.45, 7) is 7.68. The molecular weight excluding hydrogens is 396 g/mol. The van der Waals surface area contributed by atoms with Gasteiger partial charge in [-0.3, -0.25) is 0 Å². The molecule has 1 aliphatic heterocycles. The standard InChI is InChI=1S/C23H36N4O4/c1-16-11-22(2,3)14-23(12-16,15-28)27-21(30)26-18-8-6-17(7-9-18)25-20(29)24-13-19-5-4-10-31-19/h6-9,16,19,28H,4-5,10-15H2,1-3H3,(H2,24,25,29)(H2,26,27,30). The molecule has 1 saturated heterocycles. The highest BCUT2D eigenvalue weighted by Gasteiger charge is 2.43. The van der Waals surface area contributed by atoms with Gasteiger partial charge in [0.05, 0.1) is 18.2 Å². The number of ether oxygens (including phenoxy) is 1. The Morgan fingerprint density at radius 2 is 1.74 bits per heavy atom. The summed E-state index contributed by atoms with van der Waals surface area (Å²) in [5.74, 6) is 0.424. The van der Waals surface area contributed by atoms with Gasteiger partial charge in [0.1, 0.15) is 0 Å².